The molecule has 0 aromatic carbocycles. The van der Waals surface area contributed by atoms with Gasteiger partial charge in [-0.15, -0.1) is 0 Å². The Balaban J connectivity index is 2.58. The summed E-state index contributed by atoms with van der Waals surface area (Å²) in [6, 6.07) is 6.60. The lowest BCUT2D eigenvalue weighted by Gasteiger charge is -2.27. The van der Waals surface area contributed by atoms with Crippen LogP contribution in [0, 0.1) is 0 Å². The predicted octanol–water partition coefficient (Wildman–Crippen LogP) is 1.64. The molecule has 0 radical (unpaired) electrons. The molecule has 2 N–H and O–H groups in total. The van der Waals surface area contributed by atoms with Crippen LogP contribution in [0.15, 0.2) is 24.4 Å². The molecule has 0 bridgehead atoms. The first-order valence-corrected chi connectivity index (χ1v) is 5.62. The highest BCUT2D eigenvalue weighted by atomic mass is 15.2. The largest absolute Gasteiger partial charge is 0.329 e. The Morgan fingerprint density at radius 2 is 2.27 bits per heavy atom. The average Bonchev–Trinajstić information content (AvgIpc) is 2.29. The minimum absolute atomic E-state index is 0.565. The van der Waals surface area contributed by atoms with Gasteiger partial charge in [0.25, 0.3) is 0 Å². The lowest BCUT2D eigenvalue weighted by atomic mass is 10.2. The summed E-state index contributed by atoms with van der Waals surface area (Å²) >= 11 is 0. The maximum atomic E-state index is 5.61. The Morgan fingerprint density at radius 3 is 2.80 bits per heavy atom. The molecule has 1 heterocycles. The number of pyridine rings is 1. The molecule has 0 amide bonds. The van der Waals surface area contributed by atoms with Crippen molar-refractivity contribution in [3.05, 3.63) is 30.1 Å². The number of hydrogen-bond acceptors (Lipinski definition) is 3. The van der Waals surface area contributed by atoms with Crippen LogP contribution in [0.3, 0.4) is 0 Å². The van der Waals surface area contributed by atoms with E-state index in [0.29, 0.717) is 12.6 Å². The molecule has 0 fully saturated rings. The molecule has 0 saturated heterocycles. The minimum Gasteiger partial charge on any atom is -0.329 e. The van der Waals surface area contributed by atoms with E-state index in [0.717, 1.165) is 25.2 Å². The first kappa shape index (κ1) is 12.1. The quantitative estimate of drug-likeness (QED) is 0.771. The topological polar surface area (TPSA) is 42.1 Å². The summed E-state index contributed by atoms with van der Waals surface area (Å²) in [4.78, 5) is 6.71. The SMILES string of the molecule is CCC(C)N(CCN)Cc1ccccn1. The predicted molar refractivity (Wildman–Crippen MR) is 63.5 cm³/mol. The van der Waals surface area contributed by atoms with Crippen LogP contribution in [0.4, 0.5) is 0 Å². The van der Waals surface area contributed by atoms with Gasteiger partial charge in [0.2, 0.25) is 0 Å². The molecule has 0 aliphatic heterocycles. The van der Waals surface area contributed by atoms with Crippen LogP contribution in [0.1, 0.15) is 26.0 Å². The lowest BCUT2D eigenvalue weighted by molar-refractivity contribution is 0.198. The average molecular weight is 207 g/mol. The summed E-state index contributed by atoms with van der Waals surface area (Å²) in [7, 11) is 0. The monoisotopic (exact) mass is 207 g/mol. The maximum absolute atomic E-state index is 5.61. The molecule has 1 atom stereocenters. The van der Waals surface area contributed by atoms with Crippen LogP contribution in [0.2, 0.25) is 0 Å². The smallest absolute Gasteiger partial charge is 0.0544 e. The fraction of sp³-hybridized carbons (Fsp3) is 0.583. The van der Waals surface area contributed by atoms with Crippen LogP contribution in [0.25, 0.3) is 0 Å². The molecular weight excluding hydrogens is 186 g/mol. The van der Waals surface area contributed by atoms with Gasteiger partial charge in [0.05, 0.1) is 5.69 Å². The van der Waals surface area contributed by atoms with Crippen molar-refractivity contribution in [3.8, 4) is 0 Å². The number of nitrogens with two attached hydrogens (primary N) is 1. The summed E-state index contributed by atoms with van der Waals surface area (Å²) in [5.41, 5.74) is 6.73. The van der Waals surface area contributed by atoms with Crippen LogP contribution >= 0.6 is 0 Å². The second-order valence-corrected chi connectivity index (χ2v) is 3.84. The normalized spacial score (nSPS) is 13.1. The van der Waals surface area contributed by atoms with E-state index >= 15 is 0 Å². The van der Waals surface area contributed by atoms with Gasteiger partial charge in [0.1, 0.15) is 0 Å². The van der Waals surface area contributed by atoms with Gasteiger partial charge in [0, 0.05) is 31.9 Å². The highest BCUT2D eigenvalue weighted by Crippen LogP contribution is 2.07. The van der Waals surface area contributed by atoms with Crippen LogP contribution in [-0.2, 0) is 6.54 Å². The van der Waals surface area contributed by atoms with E-state index < -0.39 is 0 Å². The standard InChI is InChI=1S/C12H21N3/c1-3-11(2)15(9-7-13)10-12-6-4-5-8-14-12/h4-6,8,11H,3,7,9-10,13H2,1-2H3. The second-order valence-electron chi connectivity index (χ2n) is 3.84. The molecule has 84 valence electrons. The minimum atomic E-state index is 0.565. The molecule has 1 unspecified atom stereocenters. The lowest BCUT2D eigenvalue weighted by Crippen LogP contribution is -2.36. The fourth-order valence-electron chi connectivity index (χ4n) is 1.58. The number of nitrogens with zero attached hydrogens (tertiary/aromatic N) is 2. The Hall–Kier alpha value is -0.930. The maximum Gasteiger partial charge on any atom is 0.0544 e. The molecule has 1 rings (SSSR count). The zero-order valence-corrected chi connectivity index (χ0v) is 9.69. The van der Waals surface area contributed by atoms with Crippen molar-refractivity contribution in [3.63, 3.8) is 0 Å². The summed E-state index contributed by atoms with van der Waals surface area (Å²) < 4.78 is 0. The fourth-order valence-corrected chi connectivity index (χ4v) is 1.58. The zero-order valence-electron chi connectivity index (χ0n) is 9.69. The Bertz CT molecular complexity index is 261. The molecule has 3 heteroatoms. The van der Waals surface area contributed by atoms with Crippen molar-refractivity contribution >= 4 is 0 Å². The molecule has 3 nitrogen and oxygen atoms in total. The van der Waals surface area contributed by atoms with Crippen molar-refractivity contribution in [2.45, 2.75) is 32.9 Å². The van der Waals surface area contributed by atoms with E-state index in [1.807, 2.05) is 18.3 Å². The highest BCUT2D eigenvalue weighted by Gasteiger charge is 2.11. The number of rotatable bonds is 6. The molecule has 0 spiro atoms. The van der Waals surface area contributed by atoms with E-state index in [-0.39, 0.29) is 0 Å². The Kier molecular flexibility index (Phi) is 5.29. The first-order valence-electron chi connectivity index (χ1n) is 5.62. The van der Waals surface area contributed by atoms with Crippen molar-refractivity contribution in [1.82, 2.24) is 9.88 Å². The Morgan fingerprint density at radius 1 is 1.47 bits per heavy atom. The first-order chi connectivity index (χ1) is 7.27. The van der Waals surface area contributed by atoms with Gasteiger partial charge in [-0.1, -0.05) is 13.0 Å². The van der Waals surface area contributed by atoms with Crippen LogP contribution in [-0.4, -0.2) is 29.0 Å². The van der Waals surface area contributed by atoms with Gasteiger partial charge in [-0.3, -0.25) is 9.88 Å². The number of aromatic nitrogens is 1. The van der Waals surface area contributed by atoms with Gasteiger partial charge in [-0.2, -0.15) is 0 Å². The van der Waals surface area contributed by atoms with Crippen molar-refractivity contribution < 1.29 is 0 Å². The van der Waals surface area contributed by atoms with E-state index in [4.69, 9.17) is 5.73 Å². The third kappa shape index (κ3) is 3.98. The summed E-state index contributed by atoms with van der Waals surface area (Å²) in [6.07, 6.45) is 2.99. The van der Waals surface area contributed by atoms with Gasteiger partial charge in [-0.05, 0) is 25.5 Å². The Labute approximate surface area is 92.3 Å². The van der Waals surface area contributed by atoms with Crippen molar-refractivity contribution in [2.24, 2.45) is 5.73 Å². The van der Waals surface area contributed by atoms with Gasteiger partial charge < -0.3 is 5.73 Å². The summed E-state index contributed by atoms with van der Waals surface area (Å²) in [6.45, 7) is 6.97. The molecular formula is C12H21N3. The van der Waals surface area contributed by atoms with Gasteiger partial charge in [-0.25, -0.2) is 0 Å². The van der Waals surface area contributed by atoms with Crippen molar-refractivity contribution in [2.75, 3.05) is 13.1 Å². The molecule has 0 aliphatic rings. The molecule has 15 heavy (non-hydrogen) atoms. The van der Waals surface area contributed by atoms with Gasteiger partial charge >= 0.3 is 0 Å². The molecule has 1 aromatic rings. The molecule has 0 aliphatic carbocycles. The highest BCUT2D eigenvalue weighted by molar-refractivity contribution is 5.03. The van der Waals surface area contributed by atoms with E-state index in [1.165, 1.54) is 0 Å². The molecule has 1 aromatic heterocycles. The number of hydrogen-bond donors (Lipinski definition) is 1. The van der Waals surface area contributed by atoms with Crippen molar-refractivity contribution in [1.29, 1.82) is 0 Å². The zero-order chi connectivity index (χ0) is 11.1. The summed E-state index contributed by atoms with van der Waals surface area (Å²) in [5, 5.41) is 0. The molecule has 0 saturated carbocycles. The van der Waals surface area contributed by atoms with Gasteiger partial charge in [0.15, 0.2) is 0 Å². The second kappa shape index (κ2) is 6.53. The summed E-state index contributed by atoms with van der Waals surface area (Å²) in [5.74, 6) is 0. The van der Waals surface area contributed by atoms with Crippen LogP contribution < -0.4 is 5.73 Å². The van der Waals surface area contributed by atoms with E-state index in [9.17, 15) is 0 Å². The van der Waals surface area contributed by atoms with E-state index in [1.54, 1.807) is 0 Å². The van der Waals surface area contributed by atoms with E-state index in [2.05, 4.69) is 29.8 Å². The third-order valence-electron chi connectivity index (χ3n) is 2.72. The van der Waals surface area contributed by atoms with Crippen LogP contribution in [0.5, 0.6) is 0 Å². The third-order valence-corrected chi connectivity index (χ3v) is 2.72.